The Morgan fingerprint density at radius 2 is 1.93 bits per heavy atom. The molecule has 4 N–H and O–H groups in total. The summed E-state index contributed by atoms with van der Waals surface area (Å²) >= 11 is 0. The molecule has 2 aromatic heterocycles. The molecule has 2 aliphatic rings. The van der Waals surface area contributed by atoms with Crippen molar-refractivity contribution in [3.63, 3.8) is 0 Å². The molecule has 2 aromatic rings. The van der Waals surface area contributed by atoms with Gasteiger partial charge in [-0.25, -0.2) is 29.3 Å². The number of rotatable bonds is 10. The Morgan fingerprint density at radius 1 is 1.17 bits per heavy atom. The van der Waals surface area contributed by atoms with E-state index >= 15 is 0 Å². The minimum absolute atomic E-state index is 0.136. The molecule has 13 nitrogen and oxygen atoms in total. The molecule has 1 saturated heterocycles. The number of piperidine rings is 1. The second kappa shape index (κ2) is 13.5. The molecule has 1 unspecified atom stereocenters. The molecule has 0 saturated carbocycles. The highest BCUT2D eigenvalue weighted by molar-refractivity contribution is 5.82. The van der Waals surface area contributed by atoms with Crippen LogP contribution in [0, 0.1) is 13.8 Å². The summed E-state index contributed by atoms with van der Waals surface area (Å²) in [6.45, 7) is 9.20. The zero-order chi connectivity index (χ0) is 29.5. The molecule has 222 valence electrons. The Kier molecular flexibility index (Phi) is 9.79. The van der Waals surface area contributed by atoms with E-state index in [-0.39, 0.29) is 13.2 Å². The third-order valence-corrected chi connectivity index (χ3v) is 7.33. The number of nitrogens with one attached hydrogen (secondary N) is 3. The Balaban J connectivity index is 1.37. The van der Waals surface area contributed by atoms with Crippen molar-refractivity contribution in [2.24, 2.45) is 0 Å². The number of pyridine rings is 1. The van der Waals surface area contributed by atoms with Crippen LogP contribution in [0.15, 0.2) is 12.1 Å². The normalized spacial score (nSPS) is 16.5. The van der Waals surface area contributed by atoms with Crippen LogP contribution in [-0.2, 0) is 25.5 Å². The van der Waals surface area contributed by atoms with Gasteiger partial charge in [0.2, 0.25) is 0 Å². The third-order valence-electron chi connectivity index (χ3n) is 7.33. The zero-order valence-electron chi connectivity index (χ0n) is 24.0. The molecule has 41 heavy (non-hydrogen) atoms. The number of carboxylic acids is 1. The summed E-state index contributed by atoms with van der Waals surface area (Å²) in [6.07, 6.45) is 1.87. The van der Waals surface area contributed by atoms with E-state index in [1.54, 1.807) is 13.8 Å². The second-order valence-corrected chi connectivity index (χ2v) is 10.3. The molecule has 0 spiro atoms. The molecule has 0 aliphatic carbocycles. The number of hydrogen-bond donors (Lipinski definition) is 4. The number of alkyl carbamates (subject to hydrolysis) is 1. The predicted molar refractivity (Wildman–Crippen MR) is 152 cm³/mol. The van der Waals surface area contributed by atoms with Gasteiger partial charge in [-0.05, 0) is 65.0 Å². The minimum atomic E-state index is -1.33. The number of carbonyl (C=O) groups is 3. The monoisotopic (exact) mass is 569 g/mol. The van der Waals surface area contributed by atoms with Gasteiger partial charge in [-0.1, -0.05) is 6.07 Å². The highest BCUT2D eigenvalue weighted by Gasteiger charge is 2.27. The van der Waals surface area contributed by atoms with E-state index in [1.165, 1.54) is 12.5 Å². The van der Waals surface area contributed by atoms with Crippen LogP contribution < -0.4 is 20.9 Å². The Morgan fingerprint density at radius 3 is 2.63 bits per heavy atom. The second-order valence-electron chi connectivity index (χ2n) is 10.3. The number of aliphatic carboxylic acids is 1. The van der Waals surface area contributed by atoms with E-state index in [2.05, 4.69) is 43.0 Å². The number of hydrogen-bond acceptors (Lipinski definition) is 11. The molecule has 1 fully saturated rings. The molecule has 0 bridgehead atoms. The minimum Gasteiger partial charge on any atom is -0.480 e. The van der Waals surface area contributed by atoms with Crippen LogP contribution in [0.3, 0.4) is 0 Å². The molecule has 2 atom stereocenters. The number of amides is 1. The van der Waals surface area contributed by atoms with Crippen LogP contribution in [-0.4, -0.2) is 83.0 Å². The summed E-state index contributed by atoms with van der Waals surface area (Å²) in [5, 5.41) is 18.4. The molecule has 1 amide bonds. The number of ether oxygens (including phenoxy) is 2. The Labute approximate surface area is 239 Å². The van der Waals surface area contributed by atoms with Gasteiger partial charge in [0, 0.05) is 43.4 Å². The zero-order valence-corrected chi connectivity index (χ0v) is 24.0. The summed E-state index contributed by atoms with van der Waals surface area (Å²) in [7, 11) is 0. The van der Waals surface area contributed by atoms with Crippen molar-refractivity contribution in [2.45, 2.75) is 71.4 Å². The van der Waals surface area contributed by atoms with Gasteiger partial charge >= 0.3 is 18.0 Å². The van der Waals surface area contributed by atoms with Crippen LogP contribution in [0.5, 0.6) is 0 Å². The summed E-state index contributed by atoms with van der Waals surface area (Å²) in [5.74, 6) is 1.22. The topological polar surface area (TPSA) is 168 Å². The maximum absolute atomic E-state index is 12.2. The average Bonchev–Trinajstić information content (AvgIpc) is 2.96. The van der Waals surface area contributed by atoms with Gasteiger partial charge in [-0.3, -0.25) is 0 Å². The van der Waals surface area contributed by atoms with Gasteiger partial charge in [-0.2, -0.15) is 0 Å². The van der Waals surface area contributed by atoms with E-state index < -0.39 is 30.2 Å². The number of carboxylic acid groups (broad SMARTS) is 1. The van der Waals surface area contributed by atoms with E-state index in [0.717, 1.165) is 68.2 Å². The fourth-order valence-electron chi connectivity index (χ4n) is 5.09. The molecule has 13 heteroatoms. The van der Waals surface area contributed by atoms with E-state index in [4.69, 9.17) is 14.5 Å². The third kappa shape index (κ3) is 7.53. The average molecular weight is 570 g/mol. The predicted octanol–water partition coefficient (Wildman–Crippen LogP) is 2.77. The first kappa shape index (κ1) is 29.8. The van der Waals surface area contributed by atoms with Gasteiger partial charge < -0.3 is 35.4 Å². The SMILES string of the molecule is CCOC(=O)C(C)OC(=O)N[C@@H](CNc1nc(C)nc(N2CCC(c3ccc4c(n3)NCCC4)CC2)c1C)C(=O)O. The first-order chi connectivity index (χ1) is 19.7. The lowest BCUT2D eigenvalue weighted by Crippen LogP contribution is -2.47. The Bertz CT molecular complexity index is 1260. The van der Waals surface area contributed by atoms with Crippen LogP contribution in [0.1, 0.15) is 61.7 Å². The molecular formula is C28H39N7O6. The van der Waals surface area contributed by atoms with Crippen molar-refractivity contribution in [3.05, 3.63) is 34.8 Å². The smallest absolute Gasteiger partial charge is 0.408 e. The molecule has 0 radical (unpaired) electrons. The first-order valence-electron chi connectivity index (χ1n) is 14.1. The van der Waals surface area contributed by atoms with Crippen molar-refractivity contribution >= 4 is 35.5 Å². The van der Waals surface area contributed by atoms with Crippen LogP contribution >= 0.6 is 0 Å². The summed E-state index contributed by atoms with van der Waals surface area (Å²) in [5.41, 5.74) is 3.19. The fraction of sp³-hybridized carbons (Fsp3) is 0.571. The highest BCUT2D eigenvalue weighted by atomic mass is 16.6. The lowest BCUT2D eigenvalue weighted by Gasteiger charge is -2.34. The van der Waals surface area contributed by atoms with Gasteiger partial charge in [-0.15, -0.1) is 0 Å². The molecular weight excluding hydrogens is 530 g/mol. The quantitative estimate of drug-likeness (QED) is 0.309. The Hall–Kier alpha value is -4.16. The number of anilines is 3. The number of aryl methyl sites for hydroxylation is 2. The number of fused-ring (bicyclic) bond motifs is 1. The van der Waals surface area contributed by atoms with Crippen LogP contribution in [0.4, 0.5) is 22.2 Å². The van der Waals surface area contributed by atoms with Crippen molar-refractivity contribution < 1.29 is 29.0 Å². The summed E-state index contributed by atoms with van der Waals surface area (Å²) in [6, 6.07) is 3.03. The van der Waals surface area contributed by atoms with Crippen molar-refractivity contribution in [1.29, 1.82) is 0 Å². The summed E-state index contributed by atoms with van der Waals surface area (Å²) in [4.78, 5) is 52.0. The fourth-order valence-corrected chi connectivity index (χ4v) is 5.09. The molecule has 4 rings (SSSR count). The highest BCUT2D eigenvalue weighted by Crippen LogP contribution is 2.33. The molecule has 2 aliphatic heterocycles. The number of aromatic nitrogens is 3. The molecule has 4 heterocycles. The first-order valence-corrected chi connectivity index (χ1v) is 14.1. The lowest BCUT2D eigenvalue weighted by atomic mass is 9.92. The summed E-state index contributed by atoms with van der Waals surface area (Å²) < 4.78 is 9.75. The van der Waals surface area contributed by atoms with E-state index in [9.17, 15) is 19.5 Å². The number of nitrogens with zero attached hydrogens (tertiary/aromatic N) is 4. The van der Waals surface area contributed by atoms with Crippen LogP contribution in [0.25, 0.3) is 0 Å². The van der Waals surface area contributed by atoms with Gasteiger partial charge in [0.1, 0.15) is 29.3 Å². The van der Waals surface area contributed by atoms with Crippen molar-refractivity contribution in [3.8, 4) is 0 Å². The van der Waals surface area contributed by atoms with E-state index in [0.29, 0.717) is 17.6 Å². The lowest BCUT2D eigenvalue weighted by molar-refractivity contribution is -0.152. The maximum Gasteiger partial charge on any atom is 0.408 e. The van der Waals surface area contributed by atoms with Crippen molar-refractivity contribution in [2.75, 3.05) is 48.3 Å². The number of esters is 1. The molecule has 0 aromatic carbocycles. The number of carbonyl (C=O) groups excluding carboxylic acids is 2. The van der Waals surface area contributed by atoms with Gasteiger partial charge in [0.25, 0.3) is 0 Å². The van der Waals surface area contributed by atoms with Gasteiger partial charge in [0.15, 0.2) is 6.10 Å². The van der Waals surface area contributed by atoms with Crippen molar-refractivity contribution in [1.82, 2.24) is 20.3 Å². The van der Waals surface area contributed by atoms with Gasteiger partial charge in [0.05, 0.1) is 6.61 Å². The van der Waals surface area contributed by atoms with Crippen LogP contribution in [0.2, 0.25) is 0 Å². The standard InChI is InChI=1S/C28H39N7O6/c1-5-40-27(38)17(3)41-28(39)34-22(26(36)37)15-30-23-16(2)25(32-18(4)31-23)35-13-10-19(11-14-35)21-9-8-20-7-6-12-29-24(20)33-21/h8-9,17,19,22H,5-7,10-15H2,1-4H3,(H,29,33)(H,34,39)(H,36,37)(H,30,31,32)/t17?,22-/m0/s1. The largest absolute Gasteiger partial charge is 0.480 e. The van der Waals surface area contributed by atoms with E-state index in [1.807, 2.05) is 6.92 Å². The maximum atomic E-state index is 12.2.